The molecule has 0 aromatic heterocycles. The molecule has 20 heavy (non-hydrogen) atoms. The molecular formula is C13H15NO6. The molecule has 1 aromatic carbocycles. The fraction of sp³-hybridized carbons (Fsp3) is 0.462. The summed E-state index contributed by atoms with van der Waals surface area (Å²) in [6.07, 6.45) is 1.95. The van der Waals surface area contributed by atoms with E-state index in [1.54, 1.807) is 0 Å². The van der Waals surface area contributed by atoms with E-state index in [0.29, 0.717) is 12.8 Å². The molecule has 0 aliphatic heterocycles. The van der Waals surface area contributed by atoms with Gasteiger partial charge in [0.25, 0.3) is 5.69 Å². The maximum Gasteiger partial charge on any atom is 0.339 e. The van der Waals surface area contributed by atoms with Crippen LogP contribution in [0.1, 0.15) is 36.0 Å². The third kappa shape index (κ3) is 3.05. The van der Waals surface area contributed by atoms with Gasteiger partial charge < -0.3 is 14.9 Å². The second-order valence-corrected chi connectivity index (χ2v) is 4.75. The summed E-state index contributed by atoms with van der Waals surface area (Å²) in [6.45, 7) is 0. The largest absolute Gasteiger partial charge is 0.487 e. The average molecular weight is 281 g/mol. The molecule has 1 aliphatic rings. The van der Waals surface area contributed by atoms with Crippen molar-refractivity contribution in [1.82, 2.24) is 0 Å². The Labute approximate surface area is 114 Å². The second kappa shape index (κ2) is 5.87. The van der Waals surface area contributed by atoms with Crippen molar-refractivity contribution in [2.75, 3.05) is 0 Å². The number of aliphatic hydroxyl groups is 1. The molecule has 1 aromatic rings. The molecule has 2 rings (SSSR count). The first kappa shape index (κ1) is 14.3. The summed E-state index contributed by atoms with van der Waals surface area (Å²) in [5.41, 5.74) is -0.573. The van der Waals surface area contributed by atoms with Crippen molar-refractivity contribution in [2.24, 2.45) is 0 Å². The highest BCUT2D eigenvalue weighted by Crippen LogP contribution is 2.29. The first-order chi connectivity index (χ1) is 9.49. The van der Waals surface area contributed by atoms with Crippen molar-refractivity contribution in [2.45, 2.75) is 37.9 Å². The lowest BCUT2D eigenvalue weighted by molar-refractivity contribution is -0.384. The highest BCUT2D eigenvalue weighted by Gasteiger charge is 2.27. The molecule has 2 N–H and O–H groups in total. The van der Waals surface area contributed by atoms with E-state index < -0.39 is 23.1 Å². The highest BCUT2D eigenvalue weighted by molar-refractivity contribution is 5.91. The minimum atomic E-state index is -1.30. The summed E-state index contributed by atoms with van der Waals surface area (Å²) in [6, 6.07) is 3.42. The maximum absolute atomic E-state index is 11.2. The molecule has 1 saturated carbocycles. The molecule has 108 valence electrons. The molecule has 0 spiro atoms. The van der Waals surface area contributed by atoms with Crippen LogP contribution in [-0.2, 0) is 0 Å². The average Bonchev–Trinajstić information content (AvgIpc) is 2.41. The van der Waals surface area contributed by atoms with Gasteiger partial charge in [-0.25, -0.2) is 4.79 Å². The van der Waals surface area contributed by atoms with Crippen LogP contribution in [0.4, 0.5) is 5.69 Å². The Morgan fingerprint density at radius 3 is 2.65 bits per heavy atom. The number of hydrogen-bond acceptors (Lipinski definition) is 5. The van der Waals surface area contributed by atoms with Gasteiger partial charge in [0.1, 0.15) is 17.4 Å². The first-order valence-corrected chi connectivity index (χ1v) is 6.35. The van der Waals surface area contributed by atoms with Crippen molar-refractivity contribution in [1.29, 1.82) is 0 Å². The summed E-state index contributed by atoms with van der Waals surface area (Å²) >= 11 is 0. The van der Waals surface area contributed by atoms with Gasteiger partial charge in [0, 0.05) is 12.1 Å². The molecule has 0 amide bonds. The standard InChI is InChI=1S/C13H15NO6/c15-10-3-1-2-4-12(10)20-11-6-5-8(14(18)19)7-9(11)13(16)17/h5-7,10,12,15H,1-4H2,(H,16,17). The number of carboxylic acids is 1. The van der Waals surface area contributed by atoms with Gasteiger partial charge in [-0.1, -0.05) is 6.42 Å². The van der Waals surface area contributed by atoms with E-state index >= 15 is 0 Å². The van der Waals surface area contributed by atoms with Gasteiger partial charge >= 0.3 is 5.97 Å². The van der Waals surface area contributed by atoms with Crippen LogP contribution in [0.15, 0.2) is 18.2 Å². The smallest absolute Gasteiger partial charge is 0.339 e. The van der Waals surface area contributed by atoms with E-state index in [1.165, 1.54) is 12.1 Å². The topological polar surface area (TPSA) is 110 Å². The second-order valence-electron chi connectivity index (χ2n) is 4.75. The maximum atomic E-state index is 11.2. The van der Waals surface area contributed by atoms with Crippen LogP contribution in [0.5, 0.6) is 5.75 Å². The number of carboxylic acid groups (broad SMARTS) is 1. The number of aromatic carboxylic acids is 1. The SMILES string of the molecule is O=C(O)c1cc([N+](=O)[O-])ccc1OC1CCCCC1O. The minimum Gasteiger partial charge on any atom is -0.487 e. The molecular weight excluding hydrogens is 266 g/mol. The van der Waals surface area contributed by atoms with Crippen molar-refractivity contribution < 1.29 is 24.7 Å². The lowest BCUT2D eigenvalue weighted by atomic mass is 9.95. The Bertz CT molecular complexity index is 530. The predicted octanol–water partition coefficient (Wildman–Crippen LogP) is 1.98. The van der Waals surface area contributed by atoms with Gasteiger partial charge in [0.05, 0.1) is 11.0 Å². The molecule has 0 radical (unpaired) electrons. The van der Waals surface area contributed by atoms with E-state index in [4.69, 9.17) is 9.84 Å². The minimum absolute atomic E-state index is 0.0500. The summed E-state index contributed by atoms with van der Waals surface area (Å²) in [5.74, 6) is -1.25. The highest BCUT2D eigenvalue weighted by atomic mass is 16.6. The van der Waals surface area contributed by atoms with E-state index in [-0.39, 0.29) is 17.0 Å². The van der Waals surface area contributed by atoms with Gasteiger partial charge in [0.2, 0.25) is 0 Å². The number of carbonyl (C=O) groups is 1. The third-order valence-corrected chi connectivity index (χ3v) is 3.35. The number of aliphatic hydroxyl groups excluding tert-OH is 1. The van der Waals surface area contributed by atoms with Crippen LogP contribution in [-0.4, -0.2) is 33.3 Å². The molecule has 0 saturated heterocycles. The summed E-state index contributed by atoms with van der Waals surface area (Å²) in [4.78, 5) is 21.2. The van der Waals surface area contributed by atoms with Gasteiger partial charge in [-0.2, -0.15) is 0 Å². The van der Waals surface area contributed by atoms with Crippen LogP contribution in [0.25, 0.3) is 0 Å². The van der Waals surface area contributed by atoms with E-state index in [2.05, 4.69) is 0 Å². The molecule has 2 unspecified atom stereocenters. The summed E-state index contributed by atoms with van der Waals surface area (Å²) < 4.78 is 5.54. The fourth-order valence-electron chi connectivity index (χ4n) is 2.28. The molecule has 7 heteroatoms. The summed E-state index contributed by atoms with van der Waals surface area (Å²) in [7, 11) is 0. The number of hydrogen-bond donors (Lipinski definition) is 2. The van der Waals surface area contributed by atoms with Crippen molar-refractivity contribution in [3.8, 4) is 5.75 Å². The van der Waals surface area contributed by atoms with Gasteiger partial charge in [-0.05, 0) is 25.3 Å². The third-order valence-electron chi connectivity index (χ3n) is 3.35. The summed E-state index contributed by atoms with van der Waals surface area (Å²) in [5, 5.41) is 29.6. The number of nitrogens with zero attached hydrogens (tertiary/aromatic N) is 1. The molecule has 2 atom stereocenters. The zero-order chi connectivity index (χ0) is 14.7. The Morgan fingerprint density at radius 2 is 2.05 bits per heavy atom. The fourth-order valence-corrected chi connectivity index (χ4v) is 2.28. The van der Waals surface area contributed by atoms with E-state index in [1.807, 2.05) is 0 Å². The monoisotopic (exact) mass is 281 g/mol. The van der Waals surface area contributed by atoms with Crippen molar-refractivity contribution in [3.63, 3.8) is 0 Å². The molecule has 1 aliphatic carbocycles. The Morgan fingerprint density at radius 1 is 1.35 bits per heavy atom. The van der Waals surface area contributed by atoms with Crippen LogP contribution in [0.2, 0.25) is 0 Å². The number of non-ortho nitro benzene ring substituents is 1. The van der Waals surface area contributed by atoms with Crippen LogP contribution in [0.3, 0.4) is 0 Å². The molecule has 1 fully saturated rings. The molecule has 0 heterocycles. The van der Waals surface area contributed by atoms with Crippen LogP contribution >= 0.6 is 0 Å². The number of rotatable bonds is 4. The molecule has 0 bridgehead atoms. The van der Waals surface area contributed by atoms with Crippen LogP contribution < -0.4 is 4.74 Å². The Hall–Kier alpha value is -2.15. The Kier molecular flexibility index (Phi) is 4.19. The normalized spacial score (nSPS) is 22.2. The molecule has 7 nitrogen and oxygen atoms in total. The van der Waals surface area contributed by atoms with Gasteiger partial charge in [-0.15, -0.1) is 0 Å². The zero-order valence-electron chi connectivity index (χ0n) is 10.7. The number of ether oxygens (including phenoxy) is 1. The number of nitro benzene ring substituents is 1. The number of benzene rings is 1. The lowest BCUT2D eigenvalue weighted by Gasteiger charge is -2.28. The predicted molar refractivity (Wildman–Crippen MR) is 68.9 cm³/mol. The van der Waals surface area contributed by atoms with Crippen molar-refractivity contribution in [3.05, 3.63) is 33.9 Å². The van der Waals surface area contributed by atoms with E-state index in [9.17, 15) is 20.0 Å². The van der Waals surface area contributed by atoms with Crippen LogP contribution in [0, 0.1) is 10.1 Å². The van der Waals surface area contributed by atoms with Gasteiger partial charge in [0.15, 0.2) is 0 Å². The lowest BCUT2D eigenvalue weighted by Crippen LogP contribution is -2.35. The number of nitro groups is 1. The van der Waals surface area contributed by atoms with Crippen molar-refractivity contribution >= 4 is 11.7 Å². The van der Waals surface area contributed by atoms with Gasteiger partial charge in [-0.3, -0.25) is 10.1 Å². The first-order valence-electron chi connectivity index (χ1n) is 6.35. The zero-order valence-corrected chi connectivity index (χ0v) is 10.7. The van der Waals surface area contributed by atoms with E-state index in [0.717, 1.165) is 18.9 Å². The Balaban J connectivity index is 2.26. The quantitative estimate of drug-likeness (QED) is 0.645.